The third kappa shape index (κ3) is 3.95. The predicted molar refractivity (Wildman–Crippen MR) is 113 cm³/mol. The molecular weight excluding hydrogens is 418 g/mol. The van der Waals surface area contributed by atoms with E-state index in [1.165, 1.54) is 0 Å². The van der Waals surface area contributed by atoms with E-state index >= 15 is 0 Å². The molecule has 3 aromatic rings. The Morgan fingerprint density at radius 3 is 2.61 bits per heavy atom. The van der Waals surface area contributed by atoms with Gasteiger partial charge < -0.3 is 9.80 Å². The number of benzene rings is 1. The van der Waals surface area contributed by atoms with Crippen LogP contribution in [-0.2, 0) is 6.42 Å². The molecule has 1 aliphatic heterocycles. The van der Waals surface area contributed by atoms with Gasteiger partial charge in [-0.3, -0.25) is 4.79 Å². The van der Waals surface area contributed by atoms with Crippen LogP contribution in [0.2, 0.25) is 0 Å². The molecule has 7 heteroatoms. The monoisotopic (exact) mass is 441 g/mol. The van der Waals surface area contributed by atoms with Gasteiger partial charge in [-0.25, -0.2) is 9.50 Å². The summed E-state index contributed by atoms with van der Waals surface area (Å²) in [5, 5.41) is 4.52. The fourth-order valence-corrected chi connectivity index (χ4v) is 4.12. The fourth-order valence-electron chi connectivity index (χ4n) is 3.69. The standard InChI is InChI=1S/C21H24BrN5O/c1-25-12-9-17(10-13-25)26(2)21(28)16-7-5-15(6-8-16)14-19-23-20-18(22)4-3-11-27(20)24-19/h3-8,11,17H,9-10,12-14H2,1-2H3. The zero-order valence-electron chi connectivity index (χ0n) is 16.2. The molecule has 1 fully saturated rings. The molecule has 6 nitrogen and oxygen atoms in total. The molecule has 0 radical (unpaired) electrons. The van der Waals surface area contributed by atoms with Crippen molar-refractivity contribution in [3.63, 3.8) is 0 Å². The number of carbonyl (C=O) groups excluding carboxylic acids is 1. The summed E-state index contributed by atoms with van der Waals surface area (Å²) in [6.45, 7) is 2.09. The summed E-state index contributed by atoms with van der Waals surface area (Å²) >= 11 is 3.50. The summed E-state index contributed by atoms with van der Waals surface area (Å²) in [5.41, 5.74) is 2.63. The van der Waals surface area contributed by atoms with E-state index in [2.05, 4.69) is 38.0 Å². The highest BCUT2D eigenvalue weighted by molar-refractivity contribution is 9.10. The van der Waals surface area contributed by atoms with Crippen molar-refractivity contribution in [2.45, 2.75) is 25.3 Å². The third-order valence-electron chi connectivity index (χ3n) is 5.48. The van der Waals surface area contributed by atoms with Gasteiger partial charge in [-0.2, -0.15) is 5.10 Å². The van der Waals surface area contributed by atoms with E-state index in [-0.39, 0.29) is 5.91 Å². The summed E-state index contributed by atoms with van der Waals surface area (Å²) in [7, 11) is 4.05. The van der Waals surface area contributed by atoms with Crippen LogP contribution in [0, 0.1) is 0 Å². The number of rotatable bonds is 4. The molecule has 0 aliphatic carbocycles. The molecule has 0 bridgehead atoms. The lowest BCUT2D eigenvalue weighted by Crippen LogP contribution is -2.44. The van der Waals surface area contributed by atoms with Crippen molar-refractivity contribution in [3.05, 3.63) is 64.0 Å². The first kappa shape index (κ1) is 19.1. The highest BCUT2D eigenvalue weighted by Gasteiger charge is 2.24. The molecule has 28 heavy (non-hydrogen) atoms. The fraction of sp³-hybridized carbons (Fsp3) is 0.381. The average Bonchev–Trinajstić information content (AvgIpc) is 3.12. The lowest BCUT2D eigenvalue weighted by molar-refractivity contribution is 0.0659. The highest BCUT2D eigenvalue weighted by atomic mass is 79.9. The van der Waals surface area contributed by atoms with Crippen LogP contribution >= 0.6 is 15.9 Å². The van der Waals surface area contributed by atoms with Crippen molar-refractivity contribution in [1.82, 2.24) is 24.4 Å². The van der Waals surface area contributed by atoms with Crippen molar-refractivity contribution >= 4 is 27.5 Å². The highest BCUT2D eigenvalue weighted by Crippen LogP contribution is 2.19. The van der Waals surface area contributed by atoms with Crippen molar-refractivity contribution in [2.75, 3.05) is 27.2 Å². The number of piperidine rings is 1. The summed E-state index contributed by atoms with van der Waals surface area (Å²) < 4.78 is 2.69. The van der Waals surface area contributed by atoms with Gasteiger partial charge in [0.1, 0.15) is 0 Å². The first-order valence-electron chi connectivity index (χ1n) is 9.55. The number of fused-ring (bicyclic) bond motifs is 1. The zero-order chi connectivity index (χ0) is 19.7. The van der Waals surface area contributed by atoms with Crippen LogP contribution in [0.5, 0.6) is 0 Å². The molecule has 1 saturated heterocycles. The molecule has 1 aromatic carbocycles. The number of aromatic nitrogens is 3. The van der Waals surface area contributed by atoms with Gasteiger partial charge in [0.2, 0.25) is 0 Å². The van der Waals surface area contributed by atoms with Gasteiger partial charge in [0.05, 0.1) is 4.47 Å². The van der Waals surface area contributed by atoms with Crippen molar-refractivity contribution < 1.29 is 4.79 Å². The second-order valence-electron chi connectivity index (χ2n) is 7.48. The third-order valence-corrected chi connectivity index (χ3v) is 6.10. The largest absolute Gasteiger partial charge is 0.339 e. The van der Waals surface area contributed by atoms with E-state index in [0.717, 1.165) is 53.0 Å². The number of pyridine rings is 1. The van der Waals surface area contributed by atoms with Crippen LogP contribution in [0.4, 0.5) is 0 Å². The van der Waals surface area contributed by atoms with Gasteiger partial charge in [-0.15, -0.1) is 0 Å². The van der Waals surface area contributed by atoms with Crippen LogP contribution in [0.3, 0.4) is 0 Å². The van der Waals surface area contributed by atoms with Gasteiger partial charge >= 0.3 is 0 Å². The van der Waals surface area contributed by atoms with Gasteiger partial charge in [-0.05, 0) is 78.7 Å². The number of nitrogens with zero attached hydrogens (tertiary/aromatic N) is 5. The van der Waals surface area contributed by atoms with E-state index in [1.807, 2.05) is 54.5 Å². The maximum atomic E-state index is 12.8. The van der Waals surface area contributed by atoms with E-state index < -0.39 is 0 Å². The molecule has 0 N–H and O–H groups in total. The van der Waals surface area contributed by atoms with Gasteiger partial charge in [-0.1, -0.05) is 12.1 Å². The first-order chi connectivity index (χ1) is 13.5. The molecule has 0 saturated carbocycles. The lowest BCUT2D eigenvalue weighted by atomic mass is 10.0. The number of halogens is 1. The van der Waals surface area contributed by atoms with Crippen LogP contribution < -0.4 is 0 Å². The summed E-state index contributed by atoms with van der Waals surface area (Å²) in [4.78, 5) is 21.6. The predicted octanol–water partition coefficient (Wildman–Crippen LogP) is 3.25. The SMILES string of the molecule is CN1CCC(N(C)C(=O)c2ccc(Cc3nc4c(Br)cccn4n3)cc2)CC1. The van der Waals surface area contributed by atoms with Crippen LogP contribution in [0.1, 0.15) is 34.6 Å². The maximum Gasteiger partial charge on any atom is 0.253 e. The molecule has 0 atom stereocenters. The van der Waals surface area contributed by atoms with E-state index in [0.29, 0.717) is 12.5 Å². The topological polar surface area (TPSA) is 53.7 Å². The normalized spacial score (nSPS) is 15.8. The minimum atomic E-state index is 0.0934. The first-order valence-corrected chi connectivity index (χ1v) is 10.3. The Labute approximate surface area is 173 Å². The van der Waals surface area contributed by atoms with Crippen LogP contribution in [0.15, 0.2) is 47.1 Å². The molecule has 146 valence electrons. The van der Waals surface area contributed by atoms with E-state index in [9.17, 15) is 4.79 Å². The smallest absolute Gasteiger partial charge is 0.253 e. The molecule has 2 aromatic heterocycles. The van der Waals surface area contributed by atoms with Gasteiger partial charge in [0.25, 0.3) is 5.91 Å². The van der Waals surface area contributed by atoms with E-state index in [4.69, 9.17) is 0 Å². The molecule has 3 heterocycles. The zero-order valence-corrected chi connectivity index (χ0v) is 17.8. The summed E-state index contributed by atoms with van der Waals surface area (Å²) in [6, 6.07) is 12.0. The number of hydrogen-bond donors (Lipinski definition) is 0. The van der Waals surface area contributed by atoms with E-state index in [1.54, 1.807) is 4.52 Å². The molecule has 1 aliphatic rings. The van der Waals surface area contributed by atoms with Crippen molar-refractivity contribution in [1.29, 1.82) is 0 Å². The Kier molecular flexibility index (Phi) is 5.46. The molecule has 0 unspecified atom stereocenters. The molecule has 0 spiro atoms. The Balaban J connectivity index is 1.44. The average molecular weight is 442 g/mol. The summed E-state index contributed by atoms with van der Waals surface area (Å²) in [6.07, 6.45) is 4.59. The lowest BCUT2D eigenvalue weighted by Gasteiger charge is -2.35. The maximum absolute atomic E-state index is 12.8. The number of amides is 1. The quantitative estimate of drug-likeness (QED) is 0.623. The van der Waals surface area contributed by atoms with Crippen molar-refractivity contribution in [3.8, 4) is 0 Å². The molecule has 1 amide bonds. The number of carbonyl (C=O) groups is 1. The van der Waals surface area contributed by atoms with Crippen LogP contribution in [-0.4, -0.2) is 63.5 Å². The van der Waals surface area contributed by atoms with Crippen molar-refractivity contribution in [2.24, 2.45) is 0 Å². The van der Waals surface area contributed by atoms with Gasteiger partial charge in [0, 0.05) is 31.3 Å². The minimum absolute atomic E-state index is 0.0934. The molecule has 4 rings (SSSR count). The minimum Gasteiger partial charge on any atom is -0.339 e. The Hall–Kier alpha value is -2.25. The number of likely N-dealkylation sites (tertiary alicyclic amines) is 1. The second kappa shape index (κ2) is 8.01. The Morgan fingerprint density at radius 2 is 1.93 bits per heavy atom. The van der Waals surface area contributed by atoms with Crippen LogP contribution in [0.25, 0.3) is 5.65 Å². The molecular formula is C21H24BrN5O. The summed E-state index contributed by atoms with van der Waals surface area (Å²) in [5.74, 6) is 0.852. The Morgan fingerprint density at radius 1 is 1.21 bits per heavy atom. The Bertz CT molecular complexity index is 976. The number of hydrogen-bond acceptors (Lipinski definition) is 4. The second-order valence-corrected chi connectivity index (χ2v) is 8.33. The van der Waals surface area contributed by atoms with Gasteiger partial charge in [0.15, 0.2) is 11.5 Å².